The van der Waals surface area contributed by atoms with E-state index in [4.69, 9.17) is 4.74 Å². The van der Waals surface area contributed by atoms with Crippen molar-refractivity contribution in [3.05, 3.63) is 0 Å². The zero-order chi connectivity index (χ0) is 6.78. The minimum atomic E-state index is -0.328. The third-order valence-corrected chi connectivity index (χ3v) is 0.450. The smallest absolute Gasteiger partial charge is 0.460 e. The van der Waals surface area contributed by atoms with Gasteiger partial charge in [-0.2, -0.15) is 0 Å². The molecule has 0 spiro atoms. The molecule has 0 aromatic heterocycles. The average molecular weight is 139 g/mol. The van der Waals surface area contributed by atoms with Gasteiger partial charge in [-0.1, -0.05) is 0 Å². The number of esters is 1. The fraction of sp³-hybridized carbons (Fsp3) is 0.833. The maximum Gasteiger partial charge on any atom is 1.00 e. The van der Waals surface area contributed by atoms with Gasteiger partial charge in [0.05, 0.1) is 0 Å². The van der Waals surface area contributed by atoms with Crippen LogP contribution >= 0.6 is 0 Å². The quantitative estimate of drug-likeness (QED) is 0.297. The molecule has 2 nitrogen and oxygen atoms in total. The van der Waals surface area contributed by atoms with Crippen LogP contribution in [-0.2, 0) is 9.53 Å². The molecule has 0 aliphatic carbocycles. The van der Waals surface area contributed by atoms with Gasteiger partial charge < -0.3 is 4.74 Å². The van der Waals surface area contributed by atoms with Crippen LogP contribution < -0.4 is 29.6 Å². The summed E-state index contributed by atoms with van der Waals surface area (Å²) in [5, 5.41) is 0. The zero-order valence-electron chi connectivity index (χ0n) is 6.82. The monoisotopic (exact) mass is 139 g/mol. The summed E-state index contributed by atoms with van der Waals surface area (Å²) in [4.78, 5) is 10.2. The second-order valence-corrected chi connectivity index (χ2v) is 2.71. The molecule has 0 aromatic rings. The van der Waals surface area contributed by atoms with E-state index in [2.05, 4.69) is 0 Å². The molecular weight excluding hydrogens is 127 g/mol. The number of ether oxygens (including phenoxy) is 1. The van der Waals surface area contributed by atoms with E-state index in [1.54, 1.807) is 0 Å². The molecule has 0 aliphatic heterocycles. The van der Waals surface area contributed by atoms with Crippen LogP contribution in [0.3, 0.4) is 0 Å². The molecule has 0 atom stereocenters. The van der Waals surface area contributed by atoms with Crippen LogP contribution in [-0.4, -0.2) is 11.6 Å². The van der Waals surface area contributed by atoms with Gasteiger partial charge in [0.15, 0.2) is 0 Å². The normalized spacial score (nSPS) is 9.78. The molecule has 0 radical (unpaired) electrons. The van der Waals surface area contributed by atoms with Crippen molar-refractivity contribution in [2.24, 2.45) is 0 Å². The van der Waals surface area contributed by atoms with E-state index in [0.717, 1.165) is 0 Å². The zero-order valence-corrected chi connectivity index (χ0v) is 8.82. The molecule has 0 amide bonds. The molecule has 0 rings (SSSR count). The van der Waals surface area contributed by atoms with Gasteiger partial charge in [0.25, 0.3) is 0 Å². The predicted molar refractivity (Wildman–Crippen MR) is 31.5 cm³/mol. The summed E-state index contributed by atoms with van der Waals surface area (Å²) in [6, 6.07) is 0. The maximum absolute atomic E-state index is 10.2. The largest absolute Gasteiger partial charge is 1.00 e. The van der Waals surface area contributed by atoms with Crippen molar-refractivity contribution >= 4 is 5.97 Å². The van der Waals surface area contributed by atoms with E-state index in [9.17, 15) is 4.79 Å². The maximum atomic E-state index is 10.2. The fourth-order valence-corrected chi connectivity index (χ4v) is 0.431. The first-order valence-electron chi connectivity index (χ1n) is 2.61. The minimum absolute atomic E-state index is 0. The summed E-state index contributed by atoms with van der Waals surface area (Å²) in [5.74, 6) is -0.225. The summed E-state index contributed by atoms with van der Waals surface area (Å²) in [5.41, 5.74) is -0.328. The second kappa shape index (κ2) is 4.31. The Bertz CT molecular complexity index is 93.7. The Morgan fingerprint density at radius 2 is 1.67 bits per heavy atom. The summed E-state index contributed by atoms with van der Waals surface area (Å²) >= 11 is 0. The molecule has 9 heavy (non-hydrogen) atoms. The van der Waals surface area contributed by atoms with Crippen LogP contribution in [0, 0.1) is 0 Å². The number of rotatable bonds is 0. The Balaban J connectivity index is 0. The van der Waals surface area contributed by atoms with E-state index in [0.29, 0.717) is 0 Å². The van der Waals surface area contributed by atoms with Crippen molar-refractivity contribution in [3.63, 3.8) is 0 Å². The first-order valence-corrected chi connectivity index (χ1v) is 2.61. The van der Waals surface area contributed by atoms with Crippen molar-refractivity contribution in [3.8, 4) is 0 Å². The average Bonchev–Trinajstić information content (AvgIpc) is 1.21. The Morgan fingerprint density at radius 3 is 1.67 bits per heavy atom. The SMILES string of the molecule is CC(=O)OC(C)(C)C.[Na+]. The molecule has 0 saturated carbocycles. The molecule has 0 fully saturated rings. The molecule has 3 heteroatoms. The fourth-order valence-electron chi connectivity index (χ4n) is 0.431. The van der Waals surface area contributed by atoms with Gasteiger partial charge in [0.1, 0.15) is 5.60 Å². The van der Waals surface area contributed by atoms with Crippen LogP contribution in [0.1, 0.15) is 27.7 Å². The Hall–Kier alpha value is 0.470. The molecule has 0 saturated heterocycles. The van der Waals surface area contributed by atoms with Crippen molar-refractivity contribution < 1.29 is 39.1 Å². The van der Waals surface area contributed by atoms with Crippen LogP contribution in [0.15, 0.2) is 0 Å². The van der Waals surface area contributed by atoms with Crippen LogP contribution in [0.2, 0.25) is 0 Å². The Morgan fingerprint density at radius 1 is 1.33 bits per heavy atom. The van der Waals surface area contributed by atoms with Gasteiger partial charge in [0.2, 0.25) is 0 Å². The molecule has 0 aliphatic rings. The van der Waals surface area contributed by atoms with Crippen molar-refractivity contribution in [1.82, 2.24) is 0 Å². The standard InChI is InChI=1S/C6H12O2.Na/c1-5(7)8-6(2,3)4;/h1-4H3;/q;+1. The third-order valence-electron chi connectivity index (χ3n) is 0.450. The van der Waals surface area contributed by atoms with E-state index in [1.165, 1.54) is 6.92 Å². The molecule has 0 aromatic carbocycles. The summed E-state index contributed by atoms with van der Waals surface area (Å²) < 4.78 is 4.80. The van der Waals surface area contributed by atoms with E-state index in [-0.39, 0.29) is 41.1 Å². The molecule has 0 N–H and O–H groups in total. The third kappa shape index (κ3) is 11.8. The molecule has 0 bridgehead atoms. The van der Waals surface area contributed by atoms with Crippen LogP contribution in [0.25, 0.3) is 0 Å². The molecule has 0 unspecified atom stereocenters. The molecule has 0 heterocycles. The molecule has 48 valence electrons. The van der Waals surface area contributed by atoms with Gasteiger partial charge in [-0.3, -0.25) is 4.79 Å². The number of carbonyl (C=O) groups is 1. The number of carbonyl (C=O) groups excluding carboxylic acids is 1. The summed E-state index contributed by atoms with van der Waals surface area (Å²) in [6.45, 7) is 6.93. The summed E-state index contributed by atoms with van der Waals surface area (Å²) in [7, 11) is 0. The molecular formula is C6H12NaO2+. The van der Waals surface area contributed by atoms with E-state index >= 15 is 0 Å². The van der Waals surface area contributed by atoms with Gasteiger partial charge in [-0.25, -0.2) is 0 Å². The van der Waals surface area contributed by atoms with Gasteiger partial charge in [0, 0.05) is 6.92 Å². The first-order chi connectivity index (χ1) is 3.42. The Kier molecular flexibility index (Phi) is 5.83. The first kappa shape index (κ1) is 12.2. The van der Waals surface area contributed by atoms with Crippen LogP contribution in [0.5, 0.6) is 0 Å². The van der Waals surface area contributed by atoms with Gasteiger partial charge >= 0.3 is 35.5 Å². The minimum Gasteiger partial charge on any atom is -0.460 e. The van der Waals surface area contributed by atoms with Gasteiger partial charge in [-0.05, 0) is 20.8 Å². The predicted octanol–water partition coefficient (Wildman–Crippen LogP) is -1.65. The van der Waals surface area contributed by atoms with Crippen molar-refractivity contribution in [2.75, 3.05) is 0 Å². The van der Waals surface area contributed by atoms with Gasteiger partial charge in [-0.15, -0.1) is 0 Å². The summed E-state index contributed by atoms with van der Waals surface area (Å²) in [6.07, 6.45) is 0. The number of hydrogen-bond donors (Lipinski definition) is 0. The Labute approximate surface area is 78.3 Å². The van der Waals surface area contributed by atoms with Crippen LogP contribution in [0.4, 0.5) is 0 Å². The van der Waals surface area contributed by atoms with Crippen molar-refractivity contribution in [2.45, 2.75) is 33.3 Å². The van der Waals surface area contributed by atoms with E-state index in [1.807, 2.05) is 20.8 Å². The van der Waals surface area contributed by atoms with E-state index < -0.39 is 0 Å². The second-order valence-electron chi connectivity index (χ2n) is 2.71. The topological polar surface area (TPSA) is 26.3 Å². The van der Waals surface area contributed by atoms with Crippen molar-refractivity contribution in [1.29, 1.82) is 0 Å². The number of hydrogen-bond acceptors (Lipinski definition) is 2.